The van der Waals surface area contributed by atoms with E-state index in [1.54, 1.807) is 6.20 Å². The Kier molecular flexibility index (Phi) is 2.48. The summed E-state index contributed by atoms with van der Waals surface area (Å²) in [7, 11) is 0. The van der Waals surface area contributed by atoms with Gasteiger partial charge in [0.25, 0.3) is 0 Å². The average molecular weight is 223 g/mol. The van der Waals surface area contributed by atoms with Gasteiger partial charge in [-0.1, -0.05) is 24.3 Å². The van der Waals surface area contributed by atoms with Crippen LogP contribution >= 0.6 is 0 Å². The van der Waals surface area contributed by atoms with Crippen molar-refractivity contribution in [2.24, 2.45) is 0 Å². The Hall–Kier alpha value is -1.96. The molecule has 2 heteroatoms. The third-order valence-electron chi connectivity index (χ3n) is 3.22. The van der Waals surface area contributed by atoms with E-state index in [0.29, 0.717) is 6.42 Å². The van der Waals surface area contributed by atoms with E-state index in [1.807, 2.05) is 18.3 Å². The van der Waals surface area contributed by atoms with Crippen LogP contribution in [-0.4, -0.2) is 10.8 Å². The van der Waals surface area contributed by atoms with E-state index in [9.17, 15) is 4.79 Å². The first-order chi connectivity index (χ1) is 8.33. The van der Waals surface area contributed by atoms with Gasteiger partial charge >= 0.3 is 0 Å². The molecule has 0 radical (unpaired) electrons. The van der Waals surface area contributed by atoms with Crippen LogP contribution < -0.4 is 0 Å². The van der Waals surface area contributed by atoms with Gasteiger partial charge in [-0.15, -0.1) is 0 Å². The monoisotopic (exact) mass is 223 g/mol. The average Bonchev–Trinajstić information content (AvgIpc) is 2.72. The highest BCUT2D eigenvalue weighted by Crippen LogP contribution is 2.23. The molecule has 84 valence electrons. The molecule has 0 fully saturated rings. The van der Waals surface area contributed by atoms with Crippen LogP contribution in [0.15, 0.2) is 42.7 Å². The van der Waals surface area contributed by atoms with Gasteiger partial charge in [-0.3, -0.25) is 9.78 Å². The van der Waals surface area contributed by atoms with Gasteiger partial charge in [0.15, 0.2) is 5.78 Å². The third kappa shape index (κ3) is 1.98. The summed E-state index contributed by atoms with van der Waals surface area (Å²) in [5, 5.41) is 0. The number of ketones is 1. The van der Waals surface area contributed by atoms with Crippen molar-refractivity contribution < 1.29 is 4.79 Å². The van der Waals surface area contributed by atoms with E-state index in [2.05, 4.69) is 23.2 Å². The van der Waals surface area contributed by atoms with Gasteiger partial charge < -0.3 is 0 Å². The molecule has 1 heterocycles. The second kappa shape index (κ2) is 4.13. The maximum atomic E-state index is 11.5. The van der Waals surface area contributed by atoms with Crippen molar-refractivity contribution in [2.75, 3.05) is 0 Å². The van der Waals surface area contributed by atoms with Crippen molar-refractivity contribution in [2.45, 2.75) is 19.3 Å². The smallest absolute Gasteiger partial charge is 0.163 e. The number of hydrogen-bond donors (Lipinski definition) is 0. The molecule has 0 atom stereocenters. The zero-order valence-corrected chi connectivity index (χ0v) is 9.52. The van der Waals surface area contributed by atoms with Crippen molar-refractivity contribution in [3.8, 4) is 0 Å². The highest BCUT2D eigenvalue weighted by Gasteiger charge is 2.18. The fourth-order valence-corrected chi connectivity index (χ4v) is 2.36. The van der Waals surface area contributed by atoms with Crippen LogP contribution in [-0.2, 0) is 12.8 Å². The number of pyridine rings is 1. The molecule has 0 bridgehead atoms. The lowest BCUT2D eigenvalue weighted by molar-refractivity contribution is 0.0994. The number of Topliss-reactive ketones (excluding diaryl/α,β-unsaturated/α-hetero) is 1. The molecular formula is C15H13NO. The minimum Gasteiger partial charge on any atom is -0.294 e. The summed E-state index contributed by atoms with van der Waals surface area (Å²) in [5.74, 6) is 0.285. The summed E-state index contributed by atoms with van der Waals surface area (Å²) in [6, 6.07) is 10.2. The summed E-state index contributed by atoms with van der Waals surface area (Å²) < 4.78 is 0. The summed E-state index contributed by atoms with van der Waals surface area (Å²) in [4.78, 5) is 15.6. The van der Waals surface area contributed by atoms with Crippen molar-refractivity contribution in [3.63, 3.8) is 0 Å². The minimum absolute atomic E-state index is 0.285. The number of hydrogen-bond acceptors (Lipinski definition) is 2. The van der Waals surface area contributed by atoms with E-state index in [4.69, 9.17) is 0 Å². The molecule has 0 unspecified atom stereocenters. The number of rotatable bonds is 2. The topological polar surface area (TPSA) is 30.0 Å². The van der Waals surface area contributed by atoms with Crippen molar-refractivity contribution in [1.29, 1.82) is 0 Å². The Morgan fingerprint density at radius 3 is 2.88 bits per heavy atom. The van der Waals surface area contributed by atoms with Crippen LogP contribution in [0.3, 0.4) is 0 Å². The molecule has 2 aromatic rings. The van der Waals surface area contributed by atoms with Crippen molar-refractivity contribution in [1.82, 2.24) is 4.98 Å². The molecule has 1 aliphatic carbocycles. The van der Waals surface area contributed by atoms with Gasteiger partial charge in [-0.25, -0.2) is 0 Å². The molecule has 17 heavy (non-hydrogen) atoms. The summed E-state index contributed by atoms with van der Waals surface area (Å²) in [6.45, 7) is 0. The Balaban J connectivity index is 1.88. The molecule has 0 saturated carbocycles. The Morgan fingerprint density at radius 2 is 2.06 bits per heavy atom. The molecule has 0 N–H and O–H groups in total. The van der Waals surface area contributed by atoms with E-state index in [-0.39, 0.29) is 5.78 Å². The van der Waals surface area contributed by atoms with E-state index in [1.165, 1.54) is 16.7 Å². The number of aryl methyl sites for hydroxylation is 1. The van der Waals surface area contributed by atoms with Gasteiger partial charge in [0.2, 0.25) is 0 Å². The van der Waals surface area contributed by atoms with Gasteiger partial charge in [0.05, 0.1) is 0 Å². The molecule has 1 aliphatic rings. The lowest BCUT2D eigenvalue weighted by Crippen LogP contribution is -1.94. The molecule has 0 spiro atoms. The van der Waals surface area contributed by atoms with Crippen molar-refractivity contribution in [3.05, 3.63) is 65.0 Å². The number of aromatic nitrogens is 1. The van der Waals surface area contributed by atoms with Crippen LogP contribution in [0.5, 0.6) is 0 Å². The zero-order chi connectivity index (χ0) is 11.7. The zero-order valence-electron chi connectivity index (χ0n) is 9.52. The fourth-order valence-electron chi connectivity index (χ4n) is 2.36. The number of carbonyl (C=O) groups excluding carboxylic acids is 1. The lowest BCUT2D eigenvalue weighted by atomic mass is 10.0. The second-order valence-electron chi connectivity index (χ2n) is 4.45. The minimum atomic E-state index is 0.285. The molecule has 0 saturated heterocycles. The Morgan fingerprint density at radius 1 is 1.12 bits per heavy atom. The highest BCUT2D eigenvalue weighted by molar-refractivity contribution is 6.00. The lowest BCUT2D eigenvalue weighted by Gasteiger charge is -2.04. The summed E-state index contributed by atoms with van der Waals surface area (Å²) in [5.41, 5.74) is 4.58. The van der Waals surface area contributed by atoms with Crippen LogP contribution in [0.4, 0.5) is 0 Å². The molecule has 3 rings (SSSR count). The standard InChI is InChI=1S/C15H13NO/c17-15-6-4-13-9-11(3-5-14(13)15)8-12-2-1-7-16-10-12/h1-3,5,7,9-10H,4,6,8H2. The van der Waals surface area contributed by atoms with Gasteiger partial charge in [-0.05, 0) is 35.6 Å². The van der Waals surface area contributed by atoms with Gasteiger partial charge in [0, 0.05) is 24.4 Å². The molecular weight excluding hydrogens is 210 g/mol. The Labute approximate surface area is 100 Å². The molecule has 2 nitrogen and oxygen atoms in total. The number of fused-ring (bicyclic) bond motifs is 1. The molecule has 0 aliphatic heterocycles. The van der Waals surface area contributed by atoms with E-state index < -0.39 is 0 Å². The van der Waals surface area contributed by atoms with E-state index in [0.717, 1.165) is 18.4 Å². The summed E-state index contributed by atoms with van der Waals surface area (Å²) >= 11 is 0. The first-order valence-corrected chi connectivity index (χ1v) is 5.87. The van der Waals surface area contributed by atoms with Crippen LogP contribution in [0.2, 0.25) is 0 Å². The van der Waals surface area contributed by atoms with Gasteiger partial charge in [-0.2, -0.15) is 0 Å². The number of carbonyl (C=O) groups is 1. The quantitative estimate of drug-likeness (QED) is 0.783. The third-order valence-corrected chi connectivity index (χ3v) is 3.22. The normalized spacial score (nSPS) is 13.8. The van der Waals surface area contributed by atoms with Crippen LogP contribution in [0, 0.1) is 0 Å². The predicted molar refractivity (Wildman–Crippen MR) is 66.1 cm³/mol. The number of benzene rings is 1. The van der Waals surface area contributed by atoms with Crippen LogP contribution in [0.25, 0.3) is 0 Å². The first kappa shape index (κ1) is 10.2. The second-order valence-corrected chi connectivity index (χ2v) is 4.45. The largest absolute Gasteiger partial charge is 0.294 e. The number of nitrogens with zero attached hydrogens (tertiary/aromatic N) is 1. The first-order valence-electron chi connectivity index (χ1n) is 5.87. The molecule has 0 amide bonds. The fraction of sp³-hybridized carbons (Fsp3) is 0.200. The molecule has 1 aromatic heterocycles. The highest BCUT2D eigenvalue weighted by atomic mass is 16.1. The van der Waals surface area contributed by atoms with E-state index >= 15 is 0 Å². The van der Waals surface area contributed by atoms with Crippen LogP contribution in [0.1, 0.15) is 33.5 Å². The predicted octanol–water partition coefficient (Wildman–Crippen LogP) is 2.80. The molecule has 1 aromatic carbocycles. The maximum absolute atomic E-state index is 11.5. The SMILES string of the molecule is O=C1CCc2cc(Cc3cccnc3)ccc21. The summed E-state index contributed by atoms with van der Waals surface area (Å²) in [6.07, 6.45) is 6.12. The van der Waals surface area contributed by atoms with Crippen molar-refractivity contribution >= 4 is 5.78 Å². The maximum Gasteiger partial charge on any atom is 0.163 e. The van der Waals surface area contributed by atoms with Gasteiger partial charge in [0.1, 0.15) is 0 Å². The Bertz CT molecular complexity index is 560.